The highest BCUT2D eigenvalue weighted by molar-refractivity contribution is 5.92. The fourth-order valence-electron chi connectivity index (χ4n) is 2.20. The molecule has 6 heteroatoms. The third-order valence-corrected chi connectivity index (χ3v) is 3.82. The number of amides is 1. The van der Waals surface area contributed by atoms with Gasteiger partial charge in [-0.05, 0) is 5.41 Å². The van der Waals surface area contributed by atoms with Crippen molar-refractivity contribution in [3.63, 3.8) is 0 Å². The summed E-state index contributed by atoms with van der Waals surface area (Å²) < 4.78 is 0. The Balaban J connectivity index is 1.82. The van der Waals surface area contributed by atoms with Crippen molar-refractivity contribution in [1.29, 1.82) is 0 Å². The van der Waals surface area contributed by atoms with E-state index in [9.17, 15) is 9.90 Å². The van der Waals surface area contributed by atoms with Gasteiger partial charge in [-0.2, -0.15) is 0 Å². The molecular formula is C14H24N4O2. The zero-order valence-electron chi connectivity index (χ0n) is 12.5. The van der Waals surface area contributed by atoms with E-state index >= 15 is 0 Å². The Morgan fingerprint density at radius 1 is 1.40 bits per heavy atom. The molecule has 1 unspecified atom stereocenters. The van der Waals surface area contributed by atoms with E-state index in [2.05, 4.69) is 14.9 Å². The minimum Gasteiger partial charge on any atom is -0.391 e. The normalized spacial score (nSPS) is 19.1. The van der Waals surface area contributed by atoms with Gasteiger partial charge >= 0.3 is 0 Å². The quantitative estimate of drug-likeness (QED) is 0.849. The molecule has 112 valence electrons. The molecule has 0 radical (unpaired) electrons. The highest BCUT2D eigenvalue weighted by Gasteiger charge is 2.28. The van der Waals surface area contributed by atoms with Crippen LogP contribution >= 0.6 is 0 Å². The lowest BCUT2D eigenvalue weighted by atomic mass is 9.89. The predicted molar refractivity (Wildman–Crippen MR) is 76.4 cm³/mol. The number of aromatic nitrogens is 2. The monoisotopic (exact) mass is 280 g/mol. The molecule has 0 saturated carbocycles. The first-order valence-electron chi connectivity index (χ1n) is 7.06. The number of carbonyl (C=O) groups is 1. The fraction of sp³-hybridized carbons (Fsp3) is 0.714. The van der Waals surface area contributed by atoms with Crippen LogP contribution in [0.25, 0.3) is 0 Å². The molecule has 1 saturated heterocycles. The van der Waals surface area contributed by atoms with Crippen LogP contribution in [0.15, 0.2) is 12.5 Å². The van der Waals surface area contributed by atoms with E-state index in [1.54, 1.807) is 6.20 Å². The van der Waals surface area contributed by atoms with Crippen LogP contribution in [-0.2, 0) is 0 Å². The number of piperazine rings is 1. The summed E-state index contributed by atoms with van der Waals surface area (Å²) in [5.74, 6) is -0.00137. The van der Waals surface area contributed by atoms with Gasteiger partial charge < -0.3 is 15.0 Å². The van der Waals surface area contributed by atoms with Crippen LogP contribution in [0.3, 0.4) is 0 Å². The van der Waals surface area contributed by atoms with Gasteiger partial charge in [-0.1, -0.05) is 20.8 Å². The molecule has 1 fully saturated rings. The van der Waals surface area contributed by atoms with Gasteiger partial charge in [0.15, 0.2) is 0 Å². The Hall–Kier alpha value is -1.40. The summed E-state index contributed by atoms with van der Waals surface area (Å²) >= 11 is 0. The van der Waals surface area contributed by atoms with Gasteiger partial charge in [0.05, 0.1) is 18.6 Å². The van der Waals surface area contributed by atoms with Gasteiger partial charge in [-0.25, -0.2) is 4.98 Å². The summed E-state index contributed by atoms with van der Waals surface area (Å²) in [6, 6.07) is 0. The lowest BCUT2D eigenvalue weighted by molar-refractivity contribution is 0.0136. The molecule has 1 amide bonds. The average molecular weight is 280 g/mol. The second-order valence-electron chi connectivity index (χ2n) is 6.44. The number of β-amino-alcohol motifs (C(OH)–C–C–N with tert-alkyl or cyclic N) is 1. The highest BCUT2D eigenvalue weighted by atomic mass is 16.3. The lowest BCUT2D eigenvalue weighted by Crippen LogP contribution is -2.51. The van der Waals surface area contributed by atoms with Crippen molar-refractivity contribution >= 4 is 5.91 Å². The Labute approximate surface area is 119 Å². The molecule has 1 aromatic heterocycles. The zero-order valence-corrected chi connectivity index (χ0v) is 12.5. The van der Waals surface area contributed by atoms with Crippen LogP contribution < -0.4 is 0 Å². The molecule has 20 heavy (non-hydrogen) atoms. The number of H-pyrrole nitrogens is 1. The van der Waals surface area contributed by atoms with Crippen molar-refractivity contribution in [1.82, 2.24) is 19.8 Å². The number of imidazole rings is 1. The van der Waals surface area contributed by atoms with E-state index in [1.165, 1.54) is 6.33 Å². The average Bonchev–Trinajstić information content (AvgIpc) is 2.91. The van der Waals surface area contributed by atoms with Gasteiger partial charge in [0.2, 0.25) is 0 Å². The molecule has 0 bridgehead atoms. The summed E-state index contributed by atoms with van der Waals surface area (Å²) in [6.07, 6.45) is 2.72. The van der Waals surface area contributed by atoms with Gasteiger partial charge in [0, 0.05) is 32.7 Å². The summed E-state index contributed by atoms with van der Waals surface area (Å²) in [5.41, 5.74) is 0.427. The molecule has 0 aromatic carbocycles. The van der Waals surface area contributed by atoms with Crippen molar-refractivity contribution in [3.8, 4) is 0 Å². The first kappa shape index (κ1) is 15.0. The maximum absolute atomic E-state index is 12.1. The van der Waals surface area contributed by atoms with Crippen LogP contribution in [0.4, 0.5) is 0 Å². The minimum absolute atomic E-state index is 0.00137. The maximum atomic E-state index is 12.1. The molecular weight excluding hydrogens is 256 g/mol. The first-order valence-corrected chi connectivity index (χ1v) is 7.06. The van der Waals surface area contributed by atoms with E-state index in [1.807, 2.05) is 25.7 Å². The Morgan fingerprint density at radius 2 is 2.05 bits per heavy atom. The van der Waals surface area contributed by atoms with Gasteiger partial charge in [-0.3, -0.25) is 9.69 Å². The van der Waals surface area contributed by atoms with E-state index in [4.69, 9.17) is 0 Å². The summed E-state index contributed by atoms with van der Waals surface area (Å²) in [5, 5.41) is 10.1. The van der Waals surface area contributed by atoms with Crippen molar-refractivity contribution in [2.45, 2.75) is 26.9 Å². The number of hydrogen-bond acceptors (Lipinski definition) is 4. The van der Waals surface area contributed by atoms with Crippen LogP contribution in [0, 0.1) is 5.41 Å². The van der Waals surface area contributed by atoms with Gasteiger partial charge in [0.1, 0.15) is 5.69 Å². The van der Waals surface area contributed by atoms with E-state index < -0.39 is 0 Å². The fourth-order valence-corrected chi connectivity index (χ4v) is 2.20. The Kier molecular flexibility index (Phi) is 4.45. The first-order chi connectivity index (χ1) is 9.38. The lowest BCUT2D eigenvalue weighted by Gasteiger charge is -2.37. The molecule has 1 atom stereocenters. The molecule has 1 aromatic rings. The zero-order chi connectivity index (χ0) is 14.8. The molecule has 0 aliphatic carbocycles. The SMILES string of the molecule is CC(C)(C)C(O)CN1CCN(C(=O)c2cnc[nH]2)CC1. The molecule has 1 aliphatic rings. The van der Waals surface area contributed by atoms with Crippen molar-refractivity contribution in [2.24, 2.45) is 5.41 Å². The number of rotatable bonds is 3. The number of carbonyl (C=O) groups excluding carboxylic acids is 1. The van der Waals surface area contributed by atoms with E-state index in [-0.39, 0.29) is 17.4 Å². The molecule has 2 rings (SSSR count). The number of aliphatic hydroxyl groups excluding tert-OH is 1. The summed E-state index contributed by atoms with van der Waals surface area (Å²) in [6.45, 7) is 9.75. The number of aliphatic hydroxyl groups is 1. The predicted octanol–water partition coefficient (Wildman–Crippen LogP) is 0.574. The van der Waals surface area contributed by atoms with Crippen LogP contribution in [0.5, 0.6) is 0 Å². The Morgan fingerprint density at radius 3 is 2.55 bits per heavy atom. The number of aromatic amines is 1. The molecule has 1 aliphatic heterocycles. The second kappa shape index (κ2) is 5.93. The van der Waals surface area contributed by atoms with Gasteiger partial charge in [0.25, 0.3) is 5.91 Å². The van der Waals surface area contributed by atoms with Crippen LogP contribution in [0.2, 0.25) is 0 Å². The largest absolute Gasteiger partial charge is 0.391 e. The number of hydrogen-bond donors (Lipinski definition) is 2. The number of nitrogens with one attached hydrogen (secondary N) is 1. The third-order valence-electron chi connectivity index (χ3n) is 3.82. The minimum atomic E-state index is -0.350. The second-order valence-corrected chi connectivity index (χ2v) is 6.44. The maximum Gasteiger partial charge on any atom is 0.272 e. The molecule has 2 N–H and O–H groups in total. The third kappa shape index (κ3) is 3.58. The van der Waals surface area contributed by atoms with Crippen LogP contribution in [-0.4, -0.2) is 69.6 Å². The van der Waals surface area contributed by atoms with E-state index in [0.29, 0.717) is 25.3 Å². The standard InChI is InChI=1S/C14H24N4O2/c1-14(2,3)12(19)9-17-4-6-18(7-5-17)13(20)11-8-15-10-16-11/h8,10,12,19H,4-7,9H2,1-3H3,(H,15,16). The smallest absolute Gasteiger partial charge is 0.272 e. The van der Waals surface area contributed by atoms with Crippen LogP contribution in [0.1, 0.15) is 31.3 Å². The Bertz CT molecular complexity index is 431. The number of nitrogens with zero attached hydrogens (tertiary/aromatic N) is 3. The van der Waals surface area contributed by atoms with Crippen molar-refractivity contribution in [3.05, 3.63) is 18.2 Å². The van der Waals surface area contributed by atoms with Crippen molar-refractivity contribution < 1.29 is 9.90 Å². The highest BCUT2D eigenvalue weighted by Crippen LogP contribution is 2.20. The molecule has 0 spiro atoms. The van der Waals surface area contributed by atoms with Crippen molar-refractivity contribution in [2.75, 3.05) is 32.7 Å². The summed E-state index contributed by atoms with van der Waals surface area (Å²) in [7, 11) is 0. The van der Waals surface area contributed by atoms with E-state index in [0.717, 1.165) is 13.1 Å². The topological polar surface area (TPSA) is 72.5 Å². The summed E-state index contributed by atoms with van der Waals surface area (Å²) in [4.78, 5) is 22.9. The molecule has 2 heterocycles. The van der Waals surface area contributed by atoms with Gasteiger partial charge in [-0.15, -0.1) is 0 Å². The molecule has 6 nitrogen and oxygen atoms in total.